The highest BCUT2D eigenvalue weighted by atomic mass is 19.1. The molecule has 2 atom stereocenters. The molecule has 1 aromatic rings. The number of ether oxygens (including phenoxy) is 1. The van der Waals surface area contributed by atoms with Gasteiger partial charge in [-0.2, -0.15) is 0 Å². The van der Waals surface area contributed by atoms with Gasteiger partial charge in [-0.25, -0.2) is 13.6 Å². The van der Waals surface area contributed by atoms with E-state index in [1.54, 1.807) is 4.90 Å². The van der Waals surface area contributed by atoms with Gasteiger partial charge in [-0.3, -0.25) is 0 Å². The average Bonchev–Trinajstić information content (AvgIpc) is 2.75. The Kier molecular flexibility index (Phi) is 3.63. The summed E-state index contributed by atoms with van der Waals surface area (Å²) in [7, 11) is 0. The number of halogens is 2. The Balaban J connectivity index is 1.87. The Morgan fingerprint density at radius 1 is 1.24 bits per heavy atom. The van der Waals surface area contributed by atoms with Crippen LogP contribution in [0.5, 0.6) is 0 Å². The largest absolute Gasteiger partial charge is 0.478 e. The minimum atomic E-state index is -1.16. The summed E-state index contributed by atoms with van der Waals surface area (Å²) >= 11 is 0. The number of nitrogens with zero attached hydrogens (tertiary/aromatic N) is 1. The molecule has 4 nitrogen and oxygen atoms in total. The second kappa shape index (κ2) is 5.44. The minimum Gasteiger partial charge on any atom is -0.478 e. The summed E-state index contributed by atoms with van der Waals surface area (Å²) in [5.74, 6) is -2.52. The number of aliphatic carboxylic acids is 1. The molecule has 21 heavy (non-hydrogen) atoms. The van der Waals surface area contributed by atoms with Crippen molar-refractivity contribution >= 4 is 17.7 Å². The van der Waals surface area contributed by atoms with Crippen LogP contribution in [0, 0.1) is 11.6 Å². The Hall–Kier alpha value is -1.95. The van der Waals surface area contributed by atoms with Crippen molar-refractivity contribution in [3.63, 3.8) is 0 Å². The number of benzene rings is 1. The van der Waals surface area contributed by atoms with E-state index in [1.165, 1.54) is 6.08 Å². The Morgan fingerprint density at radius 3 is 2.33 bits per heavy atom. The van der Waals surface area contributed by atoms with Gasteiger partial charge in [0.15, 0.2) is 0 Å². The van der Waals surface area contributed by atoms with Crippen LogP contribution >= 0.6 is 0 Å². The first-order valence-corrected chi connectivity index (χ1v) is 6.83. The Morgan fingerprint density at radius 2 is 1.81 bits per heavy atom. The summed E-state index contributed by atoms with van der Waals surface area (Å²) in [6.45, 7) is 0.962. The van der Waals surface area contributed by atoms with Crippen LogP contribution in [0.4, 0.5) is 14.5 Å². The number of rotatable bonds is 3. The van der Waals surface area contributed by atoms with Crippen LogP contribution in [-0.2, 0) is 9.53 Å². The minimum absolute atomic E-state index is 0.0362. The van der Waals surface area contributed by atoms with E-state index >= 15 is 0 Å². The molecule has 2 heterocycles. The lowest BCUT2D eigenvalue weighted by molar-refractivity contribution is -0.131. The molecule has 2 bridgehead atoms. The van der Waals surface area contributed by atoms with Crippen LogP contribution < -0.4 is 4.90 Å². The smallest absolute Gasteiger partial charge is 0.328 e. The van der Waals surface area contributed by atoms with Crippen molar-refractivity contribution in [3.05, 3.63) is 35.4 Å². The van der Waals surface area contributed by atoms with Gasteiger partial charge in [-0.05, 0) is 36.6 Å². The lowest BCUT2D eigenvalue weighted by Gasteiger charge is -2.34. The highest BCUT2D eigenvalue weighted by Gasteiger charge is 2.35. The number of fused-ring (bicyclic) bond motifs is 2. The number of anilines is 1. The zero-order valence-corrected chi connectivity index (χ0v) is 11.3. The van der Waals surface area contributed by atoms with Crippen LogP contribution in [0.2, 0.25) is 0 Å². The second-order valence-electron chi connectivity index (χ2n) is 5.37. The molecule has 2 unspecified atom stereocenters. The molecule has 1 aromatic carbocycles. The van der Waals surface area contributed by atoms with E-state index in [0.29, 0.717) is 13.1 Å². The highest BCUT2D eigenvalue weighted by molar-refractivity contribution is 5.85. The van der Waals surface area contributed by atoms with E-state index < -0.39 is 17.6 Å². The predicted molar refractivity (Wildman–Crippen MR) is 73.1 cm³/mol. The number of hydrogen-bond donors (Lipinski definition) is 1. The van der Waals surface area contributed by atoms with E-state index in [1.807, 2.05) is 0 Å². The van der Waals surface area contributed by atoms with Gasteiger partial charge >= 0.3 is 5.97 Å². The Labute approximate surface area is 120 Å². The maximum atomic E-state index is 14.2. The second-order valence-corrected chi connectivity index (χ2v) is 5.37. The molecule has 3 rings (SSSR count). The summed E-state index contributed by atoms with van der Waals surface area (Å²) in [6.07, 6.45) is 3.93. The zero-order chi connectivity index (χ0) is 15.0. The van der Waals surface area contributed by atoms with Gasteiger partial charge in [0.05, 0.1) is 12.2 Å². The molecule has 0 saturated carbocycles. The van der Waals surface area contributed by atoms with Gasteiger partial charge in [-0.15, -0.1) is 0 Å². The molecule has 6 heteroatoms. The van der Waals surface area contributed by atoms with Crippen molar-refractivity contribution in [2.24, 2.45) is 0 Å². The number of carboxylic acids is 1. The van der Waals surface area contributed by atoms with Gasteiger partial charge in [0, 0.05) is 19.2 Å². The van der Waals surface area contributed by atoms with Gasteiger partial charge in [0.25, 0.3) is 0 Å². The predicted octanol–water partition coefficient (Wildman–Crippen LogP) is 2.43. The molecule has 0 spiro atoms. The van der Waals surface area contributed by atoms with E-state index in [0.717, 1.165) is 31.1 Å². The van der Waals surface area contributed by atoms with Gasteiger partial charge in [0.1, 0.15) is 17.3 Å². The number of hydrogen-bond acceptors (Lipinski definition) is 3. The maximum absolute atomic E-state index is 14.2. The average molecular weight is 295 g/mol. The standard InChI is InChI=1S/C15H15F2NO3/c16-12-5-9(1-4-14(19)20)6-13(17)15(12)18-7-10-2-3-11(8-18)21-10/h1,4-6,10-11H,2-3,7-8H2,(H,19,20). The summed E-state index contributed by atoms with van der Waals surface area (Å²) < 4.78 is 34.0. The summed E-state index contributed by atoms with van der Waals surface area (Å²) in [4.78, 5) is 12.1. The number of carboxylic acid groups (broad SMARTS) is 1. The van der Waals surface area contributed by atoms with Crippen LogP contribution in [0.1, 0.15) is 18.4 Å². The molecule has 0 aromatic heterocycles. The molecule has 0 radical (unpaired) electrons. The van der Waals surface area contributed by atoms with E-state index in [4.69, 9.17) is 9.84 Å². The molecule has 1 N–H and O–H groups in total. The fraction of sp³-hybridized carbons (Fsp3) is 0.400. The first-order chi connectivity index (χ1) is 10.0. The van der Waals surface area contributed by atoms with E-state index in [9.17, 15) is 13.6 Å². The lowest BCUT2D eigenvalue weighted by atomic mass is 10.1. The van der Waals surface area contributed by atoms with Gasteiger partial charge < -0.3 is 14.7 Å². The first kappa shape index (κ1) is 14.0. The Bertz CT molecular complexity index is 568. The van der Waals surface area contributed by atoms with E-state index in [-0.39, 0.29) is 23.5 Å². The van der Waals surface area contributed by atoms with Crippen LogP contribution in [0.25, 0.3) is 6.08 Å². The summed E-state index contributed by atoms with van der Waals surface area (Å²) in [6, 6.07) is 2.30. The summed E-state index contributed by atoms with van der Waals surface area (Å²) in [5, 5.41) is 8.54. The van der Waals surface area contributed by atoms with Gasteiger partial charge in [-0.1, -0.05) is 0 Å². The van der Waals surface area contributed by atoms with Crippen molar-refractivity contribution in [1.29, 1.82) is 0 Å². The topological polar surface area (TPSA) is 49.8 Å². The van der Waals surface area contributed by atoms with Crippen LogP contribution in [-0.4, -0.2) is 36.4 Å². The molecular formula is C15H15F2NO3. The number of morpholine rings is 1. The third-order valence-electron chi connectivity index (χ3n) is 3.82. The van der Waals surface area contributed by atoms with Crippen molar-refractivity contribution in [2.45, 2.75) is 25.0 Å². The molecule has 2 aliphatic rings. The third kappa shape index (κ3) is 2.90. The molecule has 0 amide bonds. The SMILES string of the molecule is O=C(O)C=Cc1cc(F)c(N2CC3CCC(C2)O3)c(F)c1. The van der Waals surface area contributed by atoms with Gasteiger partial charge in [0.2, 0.25) is 0 Å². The summed E-state index contributed by atoms with van der Waals surface area (Å²) in [5.41, 5.74) is 0.134. The normalized spacial score (nSPS) is 24.8. The van der Waals surface area contributed by atoms with Crippen molar-refractivity contribution in [2.75, 3.05) is 18.0 Å². The molecule has 2 saturated heterocycles. The van der Waals surface area contributed by atoms with Crippen molar-refractivity contribution in [1.82, 2.24) is 0 Å². The van der Waals surface area contributed by atoms with E-state index in [2.05, 4.69) is 0 Å². The van der Waals surface area contributed by atoms with Crippen LogP contribution in [0.3, 0.4) is 0 Å². The monoisotopic (exact) mass is 295 g/mol. The lowest BCUT2D eigenvalue weighted by Crippen LogP contribution is -2.43. The molecular weight excluding hydrogens is 280 g/mol. The zero-order valence-electron chi connectivity index (χ0n) is 11.3. The van der Waals surface area contributed by atoms with Crippen LogP contribution in [0.15, 0.2) is 18.2 Å². The van der Waals surface area contributed by atoms with Crippen molar-refractivity contribution < 1.29 is 23.4 Å². The molecule has 112 valence electrons. The highest BCUT2D eigenvalue weighted by Crippen LogP contribution is 2.33. The molecule has 0 aliphatic carbocycles. The fourth-order valence-electron chi connectivity index (χ4n) is 2.95. The molecule has 2 fully saturated rings. The maximum Gasteiger partial charge on any atom is 0.328 e. The quantitative estimate of drug-likeness (QED) is 0.870. The number of carbonyl (C=O) groups is 1. The first-order valence-electron chi connectivity index (χ1n) is 6.83. The fourth-order valence-corrected chi connectivity index (χ4v) is 2.95. The van der Waals surface area contributed by atoms with Crippen molar-refractivity contribution in [3.8, 4) is 0 Å². The third-order valence-corrected chi connectivity index (χ3v) is 3.82. The molecule has 2 aliphatic heterocycles.